The zero-order chi connectivity index (χ0) is 18.4. The highest BCUT2D eigenvalue weighted by atomic mass is 16.5. The first kappa shape index (κ1) is 18.9. The van der Waals surface area contributed by atoms with Crippen LogP contribution in [-0.4, -0.2) is 56.9 Å². The number of piperidine rings is 1. The molecule has 1 atom stereocenters. The summed E-state index contributed by atoms with van der Waals surface area (Å²) in [6, 6.07) is 3.34. The molecule has 7 heteroatoms. The van der Waals surface area contributed by atoms with E-state index in [2.05, 4.69) is 5.32 Å². The van der Waals surface area contributed by atoms with Gasteiger partial charge in [0.25, 0.3) is 5.91 Å². The summed E-state index contributed by atoms with van der Waals surface area (Å²) in [5.41, 5.74) is 1.36. The highest BCUT2D eigenvalue weighted by Crippen LogP contribution is 2.30. The largest absolute Gasteiger partial charge is 0.496 e. The van der Waals surface area contributed by atoms with Crippen molar-refractivity contribution in [2.45, 2.75) is 32.7 Å². The summed E-state index contributed by atoms with van der Waals surface area (Å²) in [5, 5.41) is 2.81. The summed E-state index contributed by atoms with van der Waals surface area (Å²) in [7, 11) is 3.13. The van der Waals surface area contributed by atoms with E-state index in [-0.39, 0.29) is 11.9 Å². The Morgan fingerprint density at radius 1 is 1.24 bits per heavy atom. The van der Waals surface area contributed by atoms with E-state index in [0.717, 1.165) is 18.4 Å². The number of nitrogens with one attached hydrogen (secondary N) is 1. The molecule has 1 aromatic rings. The zero-order valence-corrected chi connectivity index (χ0v) is 15.3. The molecule has 1 aromatic carbocycles. The number of nitrogens with zero attached hydrogens (tertiary/aromatic N) is 1. The second kappa shape index (κ2) is 8.60. The molecule has 0 spiro atoms. The Labute approximate surface area is 148 Å². The zero-order valence-electron chi connectivity index (χ0n) is 15.3. The van der Waals surface area contributed by atoms with Gasteiger partial charge in [0.1, 0.15) is 11.5 Å². The lowest BCUT2D eigenvalue weighted by Gasteiger charge is -2.33. The molecule has 1 heterocycles. The van der Waals surface area contributed by atoms with Crippen molar-refractivity contribution in [2.24, 2.45) is 0 Å². The predicted molar refractivity (Wildman–Crippen MR) is 93.4 cm³/mol. The molecule has 138 valence electrons. The predicted octanol–water partition coefficient (Wildman–Crippen LogP) is 2.36. The van der Waals surface area contributed by atoms with Crippen molar-refractivity contribution in [3.63, 3.8) is 0 Å². The minimum absolute atomic E-state index is 0.105. The van der Waals surface area contributed by atoms with Crippen molar-refractivity contribution in [3.8, 4) is 11.5 Å². The number of rotatable bonds is 5. The van der Waals surface area contributed by atoms with E-state index in [1.54, 1.807) is 38.2 Å². The van der Waals surface area contributed by atoms with Gasteiger partial charge in [0.2, 0.25) is 0 Å². The van der Waals surface area contributed by atoms with Crippen LogP contribution in [0.1, 0.15) is 35.7 Å². The Kier molecular flexibility index (Phi) is 6.50. The summed E-state index contributed by atoms with van der Waals surface area (Å²) >= 11 is 0. The molecule has 1 N–H and O–H groups in total. The third-order valence-corrected chi connectivity index (χ3v) is 4.31. The number of carbonyl (C=O) groups is 2. The van der Waals surface area contributed by atoms with Crippen molar-refractivity contribution >= 4 is 12.0 Å². The minimum atomic E-state index is -0.444. The normalized spacial score (nSPS) is 17.0. The topological polar surface area (TPSA) is 77.1 Å². The number of hydrogen-bond donors (Lipinski definition) is 1. The maximum atomic E-state index is 12.9. The van der Waals surface area contributed by atoms with Gasteiger partial charge in [-0.3, -0.25) is 4.79 Å². The molecule has 1 saturated heterocycles. The van der Waals surface area contributed by atoms with Crippen LogP contribution in [0, 0.1) is 6.92 Å². The molecule has 0 radical (unpaired) electrons. The number of benzene rings is 1. The summed E-state index contributed by atoms with van der Waals surface area (Å²) in [5.74, 6) is 1.12. The van der Waals surface area contributed by atoms with E-state index < -0.39 is 6.09 Å². The highest BCUT2D eigenvalue weighted by Gasteiger charge is 2.26. The first-order chi connectivity index (χ1) is 12.0. The van der Waals surface area contributed by atoms with Gasteiger partial charge in [-0.15, -0.1) is 0 Å². The van der Waals surface area contributed by atoms with Crippen molar-refractivity contribution in [3.05, 3.63) is 23.3 Å². The van der Waals surface area contributed by atoms with Crippen LogP contribution in [0.25, 0.3) is 0 Å². The lowest BCUT2D eigenvalue weighted by Crippen LogP contribution is -2.49. The van der Waals surface area contributed by atoms with Gasteiger partial charge in [0.05, 0.1) is 20.8 Å². The summed E-state index contributed by atoms with van der Waals surface area (Å²) in [6.07, 6.45) is 1.20. The lowest BCUT2D eigenvalue weighted by molar-refractivity contribution is 0.0685. The van der Waals surface area contributed by atoms with E-state index in [1.165, 1.54) is 0 Å². The van der Waals surface area contributed by atoms with Crippen LogP contribution in [0.3, 0.4) is 0 Å². The van der Waals surface area contributed by atoms with Gasteiger partial charge >= 0.3 is 6.09 Å². The average molecular weight is 350 g/mol. The average Bonchev–Trinajstić information content (AvgIpc) is 2.61. The Morgan fingerprint density at radius 3 is 2.44 bits per heavy atom. The van der Waals surface area contributed by atoms with Crippen LogP contribution in [-0.2, 0) is 4.74 Å². The van der Waals surface area contributed by atoms with Crippen molar-refractivity contribution in [2.75, 3.05) is 33.9 Å². The number of alkyl carbamates (subject to hydrolysis) is 1. The third-order valence-electron chi connectivity index (χ3n) is 4.31. The molecule has 0 aliphatic carbocycles. The van der Waals surface area contributed by atoms with Gasteiger partial charge in [0.15, 0.2) is 0 Å². The number of amides is 2. The number of carbonyl (C=O) groups excluding carboxylic acids is 2. The van der Waals surface area contributed by atoms with Crippen molar-refractivity contribution < 1.29 is 23.8 Å². The van der Waals surface area contributed by atoms with E-state index in [4.69, 9.17) is 14.2 Å². The molecule has 2 rings (SSSR count). The molecule has 2 amide bonds. The maximum Gasteiger partial charge on any atom is 0.407 e. The molecule has 1 aliphatic heterocycles. The second-order valence-electron chi connectivity index (χ2n) is 5.96. The minimum Gasteiger partial charge on any atom is -0.496 e. The molecule has 0 saturated carbocycles. The fraction of sp³-hybridized carbons (Fsp3) is 0.556. The number of methoxy groups -OCH3 is 2. The maximum absolute atomic E-state index is 12.9. The van der Waals surface area contributed by atoms with Gasteiger partial charge in [-0.2, -0.15) is 0 Å². The van der Waals surface area contributed by atoms with Crippen LogP contribution in [0.4, 0.5) is 4.79 Å². The van der Waals surface area contributed by atoms with Gasteiger partial charge in [0, 0.05) is 30.3 Å². The molecule has 1 fully saturated rings. The fourth-order valence-corrected chi connectivity index (χ4v) is 3.01. The standard InChI is InChI=1S/C18H26N2O5/c1-5-25-18(22)19-14-7-6-8-20(11-14)17(21)13-9-15(23-3)12(2)16(10-13)24-4/h9-10,14H,5-8,11H2,1-4H3,(H,19,22)/t14-/m1/s1. The molecular weight excluding hydrogens is 324 g/mol. The van der Waals surface area contributed by atoms with Crippen LogP contribution in [0.15, 0.2) is 12.1 Å². The Hall–Kier alpha value is -2.44. The SMILES string of the molecule is CCOC(=O)N[C@@H]1CCCN(C(=O)c2cc(OC)c(C)c(OC)c2)C1. The summed E-state index contributed by atoms with van der Waals surface area (Å²) in [6.45, 7) is 5.07. The Balaban J connectivity index is 2.13. The smallest absolute Gasteiger partial charge is 0.407 e. The van der Waals surface area contributed by atoms with Crippen LogP contribution < -0.4 is 14.8 Å². The van der Waals surface area contributed by atoms with E-state index in [0.29, 0.717) is 36.8 Å². The first-order valence-electron chi connectivity index (χ1n) is 8.45. The molecule has 0 unspecified atom stereocenters. The monoisotopic (exact) mass is 350 g/mol. The summed E-state index contributed by atoms with van der Waals surface area (Å²) < 4.78 is 15.6. The number of likely N-dealkylation sites (tertiary alicyclic amines) is 1. The van der Waals surface area contributed by atoms with E-state index >= 15 is 0 Å². The van der Waals surface area contributed by atoms with Gasteiger partial charge in [-0.25, -0.2) is 4.79 Å². The highest BCUT2D eigenvalue weighted by molar-refractivity contribution is 5.95. The van der Waals surface area contributed by atoms with Crippen molar-refractivity contribution in [1.82, 2.24) is 10.2 Å². The molecule has 1 aliphatic rings. The Morgan fingerprint density at radius 2 is 1.88 bits per heavy atom. The molecule has 0 aromatic heterocycles. The molecule has 25 heavy (non-hydrogen) atoms. The number of hydrogen-bond acceptors (Lipinski definition) is 5. The van der Waals surface area contributed by atoms with Gasteiger partial charge in [-0.05, 0) is 38.8 Å². The van der Waals surface area contributed by atoms with Crippen LogP contribution >= 0.6 is 0 Å². The third kappa shape index (κ3) is 4.55. The van der Waals surface area contributed by atoms with Crippen LogP contribution in [0.2, 0.25) is 0 Å². The Bertz CT molecular complexity index is 607. The lowest BCUT2D eigenvalue weighted by atomic mass is 10.0. The van der Waals surface area contributed by atoms with Gasteiger partial charge < -0.3 is 24.4 Å². The quantitative estimate of drug-likeness (QED) is 0.882. The van der Waals surface area contributed by atoms with Crippen molar-refractivity contribution in [1.29, 1.82) is 0 Å². The second-order valence-corrected chi connectivity index (χ2v) is 5.96. The molecular formula is C18H26N2O5. The molecule has 7 nitrogen and oxygen atoms in total. The van der Waals surface area contributed by atoms with Gasteiger partial charge in [-0.1, -0.05) is 0 Å². The first-order valence-corrected chi connectivity index (χ1v) is 8.45. The van der Waals surface area contributed by atoms with E-state index in [9.17, 15) is 9.59 Å². The van der Waals surface area contributed by atoms with E-state index in [1.807, 2.05) is 6.92 Å². The number of ether oxygens (including phenoxy) is 3. The molecule has 0 bridgehead atoms. The summed E-state index contributed by atoms with van der Waals surface area (Å²) in [4.78, 5) is 26.2. The van der Waals surface area contributed by atoms with Crippen LogP contribution in [0.5, 0.6) is 11.5 Å². The fourth-order valence-electron chi connectivity index (χ4n) is 3.01.